The molecule has 3 atom stereocenters. The first-order valence-corrected chi connectivity index (χ1v) is 6.58. The molecule has 0 radical (unpaired) electrons. The minimum atomic E-state index is -0.491. The van der Waals surface area contributed by atoms with E-state index in [1.54, 1.807) is 4.90 Å². The van der Waals surface area contributed by atoms with Crippen LogP contribution in [-0.2, 0) is 14.3 Å². The van der Waals surface area contributed by atoms with Crippen LogP contribution in [0.2, 0.25) is 0 Å². The highest BCUT2D eigenvalue weighted by molar-refractivity contribution is 5.73. The number of fused-ring (bicyclic) bond motifs is 1. The molecule has 106 valence electrons. The molecule has 1 amide bonds. The van der Waals surface area contributed by atoms with Crippen LogP contribution in [0.4, 0.5) is 4.79 Å². The van der Waals surface area contributed by atoms with Crippen LogP contribution in [0.1, 0.15) is 33.6 Å². The number of hydrogen-bond acceptors (Lipinski definition) is 4. The molecule has 0 bridgehead atoms. The number of rotatable bonds is 5. The molecule has 19 heavy (non-hydrogen) atoms. The molecule has 1 aliphatic heterocycles. The van der Waals surface area contributed by atoms with Gasteiger partial charge in [-0.05, 0) is 33.6 Å². The molecule has 0 spiro atoms. The van der Waals surface area contributed by atoms with E-state index in [0.717, 1.165) is 18.4 Å². The zero-order chi connectivity index (χ0) is 14.3. The molecule has 0 aromatic carbocycles. The topological polar surface area (TPSA) is 55.8 Å². The zero-order valence-electron chi connectivity index (χ0n) is 11.8. The lowest BCUT2D eigenvalue weighted by atomic mass is 9.77. The Hall–Kier alpha value is -1.52. The molecule has 0 unspecified atom stereocenters. The van der Waals surface area contributed by atoms with Crippen LogP contribution < -0.4 is 0 Å². The van der Waals surface area contributed by atoms with Crippen LogP contribution >= 0.6 is 0 Å². The van der Waals surface area contributed by atoms with E-state index in [-0.39, 0.29) is 18.6 Å². The van der Waals surface area contributed by atoms with Gasteiger partial charge in [0, 0.05) is 5.92 Å². The van der Waals surface area contributed by atoms with Crippen molar-refractivity contribution in [3.63, 3.8) is 0 Å². The second-order valence-corrected chi connectivity index (χ2v) is 5.80. The summed E-state index contributed by atoms with van der Waals surface area (Å²) in [6.07, 6.45) is 1.46. The molecular formula is C14H21NO4. The van der Waals surface area contributed by atoms with Crippen LogP contribution in [-0.4, -0.2) is 41.8 Å². The van der Waals surface area contributed by atoms with Gasteiger partial charge in [-0.1, -0.05) is 12.2 Å². The van der Waals surface area contributed by atoms with Gasteiger partial charge in [0.1, 0.15) is 12.2 Å². The monoisotopic (exact) mass is 267 g/mol. The number of ether oxygens (including phenoxy) is 2. The van der Waals surface area contributed by atoms with Gasteiger partial charge >= 0.3 is 6.09 Å². The molecule has 5 heteroatoms. The highest BCUT2D eigenvalue weighted by Crippen LogP contribution is 2.55. The van der Waals surface area contributed by atoms with Gasteiger partial charge in [0.15, 0.2) is 0 Å². The molecule has 2 aliphatic rings. The van der Waals surface area contributed by atoms with Crippen molar-refractivity contribution in [3.8, 4) is 0 Å². The molecule has 1 heterocycles. The summed E-state index contributed by atoms with van der Waals surface area (Å²) < 4.78 is 10.3. The van der Waals surface area contributed by atoms with Crippen molar-refractivity contribution in [1.29, 1.82) is 0 Å². The number of carbonyl (C=O) groups excluding carboxylic acids is 2. The van der Waals surface area contributed by atoms with E-state index in [4.69, 9.17) is 9.47 Å². The molecule has 5 nitrogen and oxygen atoms in total. The lowest BCUT2D eigenvalue weighted by molar-refractivity contribution is -0.129. The second kappa shape index (κ2) is 4.54. The average Bonchev–Trinajstić information content (AvgIpc) is 2.67. The molecule has 2 rings (SSSR count). The maximum atomic E-state index is 12.1. The fraction of sp³-hybridized carbons (Fsp3) is 0.714. The maximum Gasteiger partial charge on any atom is 0.411 e. The van der Waals surface area contributed by atoms with E-state index < -0.39 is 11.1 Å². The van der Waals surface area contributed by atoms with Crippen LogP contribution in [0.3, 0.4) is 0 Å². The third-order valence-corrected chi connectivity index (χ3v) is 4.85. The van der Waals surface area contributed by atoms with Crippen molar-refractivity contribution in [2.24, 2.45) is 5.92 Å². The Balaban J connectivity index is 2.29. The Morgan fingerprint density at radius 2 is 2.32 bits per heavy atom. The lowest BCUT2D eigenvalue weighted by Gasteiger charge is -2.41. The van der Waals surface area contributed by atoms with Crippen LogP contribution in [0.5, 0.6) is 0 Å². The number of amides is 1. The van der Waals surface area contributed by atoms with Gasteiger partial charge in [-0.15, -0.1) is 0 Å². The molecule has 1 aliphatic carbocycles. The smallest absolute Gasteiger partial charge is 0.411 e. The standard InChI is InChI=1S/C14H21NO4/c1-10(2)11-5-6-13(3)14(11,4)15(12(17)19-13)7-8-18-9-16/h9,11H,1,5-8H2,2-4H3/t11-,13-,14-/m0/s1. The Kier molecular flexibility index (Phi) is 3.32. The van der Waals surface area contributed by atoms with Gasteiger partial charge in [0.25, 0.3) is 6.47 Å². The van der Waals surface area contributed by atoms with Crippen molar-refractivity contribution in [2.75, 3.05) is 13.2 Å². The quantitative estimate of drug-likeness (QED) is 0.435. The first-order valence-electron chi connectivity index (χ1n) is 6.58. The first-order chi connectivity index (χ1) is 8.87. The average molecular weight is 267 g/mol. The summed E-state index contributed by atoms with van der Waals surface area (Å²) >= 11 is 0. The number of nitrogens with zero attached hydrogens (tertiary/aromatic N) is 1. The highest BCUT2D eigenvalue weighted by atomic mass is 16.6. The van der Waals surface area contributed by atoms with Crippen molar-refractivity contribution < 1.29 is 19.1 Å². The molecule has 2 fully saturated rings. The largest absolute Gasteiger partial charge is 0.466 e. The molecule has 1 saturated carbocycles. The Morgan fingerprint density at radius 1 is 1.63 bits per heavy atom. The van der Waals surface area contributed by atoms with Crippen LogP contribution in [0.15, 0.2) is 12.2 Å². The minimum absolute atomic E-state index is 0.188. The minimum Gasteiger partial charge on any atom is -0.466 e. The van der Waals surface area contributed by atoms with Crippen molar-refractivity contribution >= 4 is 12.6 Å². The van der Waals surface area contributed by atoms with E-state index in [9.17, 15) is 9.59 Å². The first kappa shape index (κ1) is 13.9. The van der Waals surface area contributed by atoms with E-state index in [2.05, 4.69) is 6.58 Å². The van der Waals surface area contributed by atoms with Gasteiger partial charge in [-0.2, -0.15) is 0 Å². The summed E-state index contributed by atoms with van der Waals surface area (Å²) in [5.41, 5.74) is 0.155. The molecular weight excluding hydrogens is 246 g/mol. The fourth-order valence-corrected chi connectivity index (χ4v) is 3.63. The van der Waals surface area contributed by atoms with Crippen molar-refractivity contribution in [2.45, 2.75) is 44.8 Å². The molecule has 0 N–H and O–H groups in total. The van der Waals surface area contributed by atoms with Gasteiger partial charge in [0.2, 0.25) is 0 Å². The summed E-state index contributed by atoms with van der Waals surface area (Å²) in [6.45, 7) is 11.0. The predicted molar refractivity (Wildman–Crippen MR) is 69.6 cm³/mol. The van der Waals surface area contributed by atoms with Gasteiger partial charge in [-0.25, -0.2) is 4.79 Å². The lowest BCUT2D eigenvalue weighted by Crippen LogP contribution is -2.56. The van der Waals surface area contributed by atoms with E-state index >= 15 is 0 Å². The van der Waals surface area contributed by atoms with Gasteiger partial charge in [0.05, 0.1) is 12.1 Å². The Morgan fingerprint density at radius 3 is 2.89 bits per heavy atom. The Bertz CT molecular complexity index is 422. The summed E-state index contributed by atoms with van der Waals surface area (Å²) in [4.78, 5) is 24.0. The second-order valence-electron chi connectivity index (χ2n) is 5.80. The summed E-state index contributed by atoms with van der Waals surface area (Å²) in [5.74, 6) is 0.209. The van der Waals surface area contributed by atoms with Crippen LogP contribution in [0, 0.1) is 5.92 Å². The third-order valence-electron chi connectivity index (χ3n) is 4.85. The van der Waals surface area contributed by atoms with E-state index in [1.165, 1.54) is 0 Å². The number of carbonyl (C=O) groups is 2. The maximum absolute atomic E-state index is 12.1. The van der Waals surface area contributed by atoms with Gasteiger partial charge in [-0.3, -0.25) is 9.69 Å². The highest BCUT2D eigenvalue weighted by Gasteiger charge is 2.66. The van der Waals surface area contributed by atoms with Crippen molar-refractivity contribution in [3.05, 3.63) is 12.2 Å². The third kappa shape index (κ3) is 1.83. The normalized spacial score (nSPS) is 36.9. The molecule has 1 saturated heterocycles. The van der Waals surface area contributed by atoms with E-state index in [0.29, 0.717) is 13.0 Å². The summed E-state index contributed by atoms with van der Waals surface area (Å²) in [6, 6.07) is 0. The summed E-state index contributed by atoms with van der Waals surface area (Å²) in [5, 5.41) is 0. The SMILES string of the molecule is C=C(C)[C@@H]1CC[C@]2(C)OC(=O)N(CCOC=O)[C@@]12C. The molecule has 0 aromatic heterocycles. The predicted octanol–water partition coefficient (Wildman–Crippen LogP) is 2.12. The van der Waals surface area contributed by atoms with E-state index in [1.807, 2.05) is 20.8 Å². The molecule has 0 aromatic rings. The zero-order valence-corrected chi connectivity index (χ0v) is 11.8. The Labute approximate surface area is 113 Å². The summed E-state index contributed by atoms with van der Waals surface area (Å²) in [7, 11) is 0. The van der Waals surface area contributed by atoms with Crippen LogP contribution in [0.25, 0.3) is 0 Å². The fourth-order valence-electron chi connectivity index (χ4n) is 3.63. The van der Waals surface area contributed by atoms with Gasteiger partial charge < -0.3 is 9.47 Å². The van der Waals surface area contributed by atoms with Crippen molar-refractivity contribution in [1.82, 2.24) is 4.90 Å². The number of hydrogen-bond donors (Lipinski definition) is 0.